The van der Waals surface area contributed by atoms with E-state index >= 15 is 0 Å². The van der Waals surface area contributed by atoms with Gasteiger partial charge in [0.2, 0.25) is 0 Å². The number of ether oxygens (including phenoxy) is 2. The number of phenolic OH excluding ortho intramolecular Hbond substituents is 1. The van der Waals surface area contributed by atoms with E-state index in [2.05, 4.69) is 0 Å². The molecule has 0 bridgehead atoms. The van der Waals surface area contributed by atoms with Gasteiger partial charge >= 0.3 is 5.97 Å². The van der Waals surface area contributed by atoms with Crippen LogP contribution >= 0.6 is 0 Å². The topological polar surface area (TPSA) is 59.0 Å². The number of rotatable bonds is 3. The van der Waals surface area contributed by atoms with E-state index in [1.807, 2.05) is 29.2 Å². The zero-order valence-electron chi connectivity index (χ0n) is 12.3. The lowest BCUT2D eigenvalue weighted by molar-refractivity contribution is -0.141. The van der Waals surface area contributed by atoms with Crippen LogP contribution in [0, 0.1) is 0 Å². The van der Waals surface area contributed by atoms with E-state index in [0.717, 1.165) is 11.3 Å². The fourth-order valence-electron chi connectivity index (χ4n) is 2.49. The van der Waals surface area contributed by atoms with Gasteiger partial charge in [-0.1, -0.05) is 12.1 Å². The predicted molar refractivity (Wildman–Crippen MR) is 82.3 cm³/mol. The Labute approximate surface area is 128 Å². The lowest BCUT2D eigenvalue weighted by Gasteiger charge is -2.22. The number of hydrogen-bond acceptors (Lipinski definition) is 5. The predicted octanol–water partition coefficient (Wildman–Crippen LogP) is 3.07. The zero-order chi connectivity index (χ0) is 15.5. The standard InChI is InChI=1S/C17H17NO4/c1-2-21-17(20)11-18-10-12-7-8-13(19)9-16(12)22-15-6-4-3-5-14(15)18/h3-9,19H,2,10-11H2,1H3. The number of para-hydroxylation sites is 2. The minimum atomic E-state index is -0.278. The molecule has 5 nitrogen and oxygen atoms in total. The Morgan fingerprint density at radius 3 is 2.91 bits per heavy atom. The van der Waals surface area contributed by atoms with Crippen molar-refractivity contribution in [1.29, 1.82) is 0 Å². The van der Waals surface area contributed by atoms with E-state index in [9.17, 15) is 9.90 Å². The van der Waals surface area contributed by atoms with Crippen molar-refractivity contribution >= 4 is 11.7 Å². The average Bonchev–Trinajstić information content (AvgIpc) is 2.64. The molecule has 2 aromatic carbocycles. The summed E-state index contributed by atoms with van der Waals surface area (Å²) in [4.78, 5) is 13.8. The summed E-state index contributed by atoms with van der Waals surface area (Å²) in [6.45, 7) is 2.80. The van der Waals surface area contributed by atoms with Gasteiger partial charge in [-0.15, -0.1) is 0 Å². The first-order valence-corrected chi connectivity index (χ1v) is 7.16. The van der Waals surface area contributed by atoms with Crippen LogP contribution in [0.25, 0.3) is 0 Å². The second-order valence-electron chi connectivity index (χ2n) is 5.02. The van der Waals surface area contributed by atoms with E-state index in [4.69, 9.17) is 9.47 Å². The van der Waals surface area contributed by atoms with Crippen LogP contribution in [0.1, 0.15) is 12.5 Å². The molecule has 1 aliphatic rings. The molecule has 1 aliphatic heterocycles. The van der Waals surface area contributed by atoms with E-state index < -0.39 is 0 Å². The largest absolute Gasteiger partial charge is 0.508 e. The van der Waals surface area contributed by atoms with Crippen LogP contribution in [0.4, 0.5) is 5.69 Å². The van der Waals surface area contributed by atoms with E-state index in [-0.39, 0.29) is 18.3 Å². The quantitative estimate of drug-likeness (QED) is 0.883. The highest BCUT2D eigenvalue weighted by Gasteiger charge is 2.22. The molecule has 2 aromatic rings. The van der Waals surface area contributed by atoms with Crippen LogP contribution in [0.2, 0.25) is 0 Å². The normalized spacial score (nSPS) is 12.7. The molecule has 0 atom stereocenters. The average molecular weight is 299 g/mol. The highest BCUT2D eigenvalue weighted by molar-refractivity contribution is 5.77. The molecule has 0 saturated carbocycles. The molecule has 3 rings (SSSR count). The Kier molecular flexibility index (Phi) is 3.87. The Balaban J connectivity index is 1.99. The summed E-state index contributed by atoms with van der Waals surface area (Å²) in [7, 11) is 0. The van der Waals surface area contributed by atoms with Crippen molar-refractivity contribution in [2.24, 2.45) is 0 Å². The molecule has 0 radical (unpaired) electrons. The lowest BCUT2D eigenvalue weighted by atomic mass is 10.1. The number of carbonyl (C=O) groups excluding carboxylic acids is 1. The molecule has 0 aromatic heterocycles. The number of anilines is 1. The summed E-state index contributed by atoms with van der Waals surface area (Å²) < 4.78 is 10.9. The van der Waals surface area contributed by atoms with Crippen molar-refractivity contribution in [3.63, 3.8) is 0 Å². The van der Waals surface area contributed by atoms with Crippen molar-refractivity contribution in [2.45, 2.75) is 13.5 Å². The first-order valence-electron chi connectivity index (χ1n) is 7.16. The van der Waals surface area contributed by atoms with Gasteiger partial charge < -0.3 is 19.5 Å². The maximum atomic E-state index is 11.9. The molecule has 5 heteroatoms. The number of hydrogen-bond donors (Lipinski definition) is 1. The van der Waals surface area contributed by atoms with Crippen LogP contribution in [0.5, 0.6) is 17.2 Å². The van der Waals surface area contributed by atoms with Gasteiger partial charge in [0.05, 0.1) is 12.3 Å². The molecule has 0 spiro atoms. The molecule has 1 N–H and O–H groups in total. The summed E-state index contributed by atoms with van der Waals surface area (Å²) in [5.41, 5.74) is 1.73. The molecular weight excluding hydrogens is 282 g/mol. The molecule has 0 fully saturated rings. The second-order valence-corrected chi connectivity index (χ2v) is 5.02. The van der Waals surface area contributed by atoms with Crippen LogP contribution in [0.3, 0.4) is 0 Å². The van der Waals surface area contributed by atoms with Crippen molar-refractivity contribution in [1.82, 2.24) is 0 Å². The number of esters is 1. The van der Waals surface area contributed by atoms with E-state index in [0.29, 0.717) is 24.7 Å². The Hall–Kier alpha value is -2.69. The maximum absolute atomic E-state index is 11.9. The van der Waals surface area contributed by atoms with Gasteiger partial charge in [0, 0.05) is 18.2 Å². The third-order valence-corrected chi connectivity index (χ3v) is 3.46. The maximum Gasteiger partial charge on any atom is 0.325 e. The number of benzene rings is 2. The first kappa shape index (κ1) is 14.3. The van der Waals surface area contributed by atoms with E-state index in [1.165, 1.54) is 0 Å². The first-order chi connectivity index (χ1) is 10.7. The minimum Gasteiger partial charge on any atom is -0.508 e. The highest BCUT2D eigenvalue weighted by Crippen LogP contribution is 2.39. The fraction of sp³-hybridized carbons (Fsp3) is 0.235. The molecule has 0 amide bonds. The number of fused-ring (bicyclic) bond motifs is 2. The number of carbonyl (C=O) groups is 1. The van der Waals surface area contributed by atoms with Gasteiger partial charge in [0.25, 0.3) is 0 Å². The fourth-order valence-corrected chi connectivity index (χ4v) is 2.49. The Morgan fingerprint density at radius 2 is 2.09 bits per heavy atom. The van der Waals surface area contributed by atoms with Gasteiger partial charge in [0.1, 0.15) is 18.0 Å². The second kappa shape index (κ2) is 5.97. The molecule has 0 saturated heterocycles. The zero-order valence-corrected chi connectivity index (χ0v) is 12.3. The molecular formula is C17H17NO4. The molecule has 114 valence electrons. The highest BCUT2D eigenvalue weighted by atomic mass is 16.5. The van der Waals surface area contributed by atoms with Gasteiger partial charge in [-0.2, -0.15) is 0 Å². The van der Waals surface area contributed by atoms with Crippen molar-refractivity contribution in [3.8, 4) is 17.2 Å². The summed E-state index contributed by atoms with van der Waals surface area (Å²) >= 11 is 0. The third kappa shape index (κ3) is 2.83. The van der Waals surface area contributed by atoms with Gasteiger partial charge in [-0.05, 0) is 31.2 Å². The Bertz CT molecular complexity index is 699. The van der Waals surface area contributed by atoms with E-state index in [1.54, 1.807) is 25.1 Å². The molecule has 0 aliphatic carbocycles. The number of nitrogens with zero attached hydrogens (tertiary/aromatic N) is 1. The van der Waals surface area contributed by atoms with Crippen molar-refractivity contribution < 1.29 is 19.4 Å². The molecule has 22 heavy (non-hydrogen) atoms. The molecule has 0 unspecified atom stereocenters. The monoisotopic (exact) mass is 299 g/mol. The number of phenols is 1. The smallest absolute Gasteiger partial charge is 0.325 e. The SMILES string of the molecule is CCOC(=O)CN1Cc2ccc(O)cc2Oc2ccccc21. The van der Waals surface area contributed by atoms with Crippen LogP contribution in [0.15, 0.2) is 42.5 Å². The van der Waals surface area contributed by atoms with Gasteiger partial charge in [-0.25, -0.2) is 0 Å². The van der Waals surface area contributed by atoms with Crippen molar-refractivity contribution in [2.75, 3.05) is 18.1 Å². The summed E-state index contributed by atoms with van der Waals surface area (Å²) in [6, 6.07) is 12.5. The van der Waals surface area contributed by atoms with Crippen LogP contribution in [-0.4, -0.2) is 24.2 Å². The van der Waals surface area contributed by atoms with Crippen LogP contribution < -0.4 is 9.64 Å². The summed E-state index contributed by atoms with van der Waals surface area (Å²) in [6.07, 6.45) is 0. The van der Waals surface area contributed by atoms with Gasteiger partial charge in [0.15, 0.2) is 5.75 Å². The third-order valence-electron chi connectivity index (χ3n) is 3.46. The summed E-state index contributed by atoms with van der Waals surface area (Å²) in [5.74, 6) is 1.12. The minimum absolute atomic E-state index is 0.147. The Morgan fingerprint density at radius 1 is 1.27 bits per heavy atom. The lowest BCUT2D eigenvalue weighted by Crippen LogP contribution is -2.30. The summed E-state index contributed by atoms with van der Waals surface area (Å²) in [5, 5.41) is 9.64. The van der Waals surface area contributed by atoms with Crippen LogP contribution in [-0.2, 0) is 16.1 Å². The molecule has 1 heterocycles. The van der Waals surface area contributed by atoms with Crippen molar-refractivity contribution in [3.05, 3.63) is 48.0 Å². The van der Waals surface area contributed by atoms with Gasteiger partial charge in [-0.3, -0.25) is 4.79 Å². The number of aromatic hydroxyl groups is 1.